The molecule has 3 fully saturated rings. The molecular formula is C91H89F9N4O8. The lowest BCUT2D eigenvalue weighted by atomic mass is 9.54. The van der Waals surface area contributed by atoms with Crippen LogP contribution in [0.2, 0.25) is 0 Å². The number of pyridine rings is 3. The Bertz CT molecular complexity index is 4960. The molecule has 3 aromatic heterocycles. The van der Waals surface area contributed by atoms with E-state index in [9.17, 15) is 78.8 Å². The van der Waals surface area contributed by atoms with Gasteiger partial charge >= 0.3 is 18.5 Å². The van der Waals surface area contributed by atoms with Crippen molar-refractivity contribution in [3.05, 3.63) is 307 Å². The van der Waals surface area contributed by atoms with E-state index >= 15 is 0 Å². The number of nitrogens with zero attached hydrogens (tertiary/aromatic N) is 4. The summed E-state index contributed by atoms with van der Waals surface area (Å²) in [6.07, 6.45) is -5.32. The third-order valence-electron chi connectivity index (χ3n) is 24.5. The minimum Gasteiger partial charge on any atom is -0.380 e. The Morgan fingerprint density at radius 2 is 0.866 bits per heavy atom. The standard InChI is InChI=1S/C31H33F3N2O2.C30H28F3NO4.C30H28F3NO2/c1-21-23(9-6-14-35-21)16-28(37)24-10-11-27-25(15-24)19-36(2)20-26-18-30(38,31(32,33)34)13-12-29(26,27)17-22-7-4-3-5-8-22;1-20-22(8-5-13-34-20)15-27(37)23-9-10-26(24(14-23)18-35)28(16-21-6-3-2-4-7-21)11-12-29(38,30(31,32)33)17-25(28)19-36;1-20-22(8-5-15-34-20)17-27(35)24-10-12-26-23(16-24)9-11-25-19-29(36,30(31,32)33)14-13-28(25,26)18-21-6-3-2-4-7-21/h3-11,14-15,26,38H,12-13,16-20H2,1-2H3;2-10,13-14,18-19,25,38H,11-12,15-17H2,1H3;2-12,15-16,25,36H,13-14,17-19H2,1H3/t26-,29-,30+;25-,28-,29+;25-,28+,29-/m001/s1. The summed E-state index contributed by atoms with van der Waals surface area (Å²) in [4.78, 5) is 78.8. The predicted molar refractivity (Wildman–Crippen MR) is 408 cm³/mol. The second-order valence-corrected chi connectivity index (χ2v) is 31.4. The maximum absolute atomic E-state index is 14.0. The maximum Gasteiger partial charge on any atom is 0.417 e. The van der Waals surface area contributed by atoms with Crippen LogP contribution in [0.4, 0.5) is 39.5 Å². The molecule has 5 aliphatic rings. The first-order valence-electron chi connectivity index (χ1n) is 37.6. The number of aldehydes is 2. The lowest BCUT2D eigenvalue weighted by Crippen LogP contribution is -2.57. The van der Waals surface area contributed by atoms with Gasteiger partial charge < -0.3 is 25.0 Å². The van der Waals surface area contributed by atoms with Crippen molar-refractivity contribution in [1.29, 1.82) is 0 Å². The summed E-state index contributed by atoms with van der Waals surface area (Å²) < 4.78 is 124. The Kier molecular flexibility index (Phi) is 23.8. The van der Waals surface area contributed by atoms with Gasteiger partial charge in [0.1, 0.15) is 12.6 Å². The van der Waals surface area contributed by atoms with E-state index in [1.807, 2.05) is 159 Å². The van der Waals surface area contributed by atoms with Gasteiger partial charge in [-0.3, -0.25) is 34.1 Å². The zero-order valence-electron chi connectivity index (χ0n) is 62.7. The van der Waals surface area contributed by atoms with Crippen molar-refractivity contribution in [1.82, 2.24) is 19.9 Å². The molecule has 4 heterocycles. The number of halogens is 9. The summed E-state index contributed by atoms with van der Waals surface area (Å²) >= 11 is 0. The smallest absolute Gasteiger partial charge is 0.380 e. The third-order valence-corrected chi connectivity index (χ3v) is 24.5. The van der Waals surface area contributed by atoms with Crippen molar-refractivity contribution in [3.63, 3.8) is 0 Å². The largest absolute Gasteiger partial charge is 0.417 e. The van der Waals surface area contributed by atoms with E-state index in [1.54, 1.807) is 80.1 Å². The van der Waals surface area contributed by atoms with Crippen molar-refractivity contribution in [2.75, 3.05) is 13.6 Å². The summed E-state index contributed by atoms with van der Waals surface area (Å²) in [5, 5.41) is 31.7. The number of benzene rings is 6. The highest BCUT2D eigenvalue weighted by Gasteiger charge is 2.64. The minimum absolute atomic E-state index is 0.0143. The lowest BCUT2D eigenvalue weighted by Gasteiger charge is -2.51. The molecule has 14 rings (SSSR count). The Morgan fingerprint density at radius 1 is 0.464 bits per heavy atom. The average molecular weight is 1540 g/mol. The number of Topliss-reactive ketones (excluding diaryl/α,β-unsaturated/α-hetero) is 3. The summed E-state index contributed by atoms with van der Waals surface area (Å²) in [7, 11) is 1.90. The lowest BCUT2D eigenvalue weighted by molar-refractivity contribution is -0.279. The van der Waals surface area contributed by atoms with E-state index in [4.69, 9.17) is 0 Å². The Balaban J connectivity index is 0.000000156. The van der Waals surface area contributed by atoms with Gasteiger partial charge in [0.2, 0.25) is 0 Å². The second-order valence-electron chi connectivity index (χ2n) is 31.4. The molecular weight excluding hydrogens is 1450 g/mol. The zero-order valence-corrected chi connectivity index (χ0v) is 62.7. The van der Waals surface area contributed by atoms with Crippen LogP contribution in [0.15, 0.2) is 207 Å². The molecule has 6 aromatic carbocycles. The first kappa shape index (κ1) is 81.6. The van der Waals surface area contributed by atoms with E-state index in [2.05, 4.69) is 15.0 Å². The van der Waals surface area contributed by atoms with E-state index in [0.717, 1.165) is 67.0 Å². The van der Waals surface area contributed by atoms with Crippen molar-refractivity contribution >= 4 is 36.0 Å². The summed E-state index contributed by atoms with van der Waals surface area (Å²) in [5.41, 5.74) is 2.68. The molecule has 3 saturated carbocycles. The molecule has 0 spiro atoms. The molecule has 3 N–H and O–H groups in total. The Hall–Kier alpha value is -9.93. The average Bonchev–Trinajstić information content (AvgIpc) is 0.901. The molecule has 0 bridgehead atoms. The van der Waals surface area contributed by atoms with E-state index in [0.29, 0.717) is 60.9 Å². The fourth-order valence-electron chi connectivity index (χ4n) is 18.1. The zero-order chi connectivity index (χ0) is 80.2. The minimum atomic E-state index is -4.90. The Morgan fingerprint density at radius 3 is 1.32 bits per heavy atom. The fraction of sp³-hybridized carbons (Fsp3) is 0.363. The SMILES string of the molecule is Cc1ncccc1CC(=O)c1ccc([C@]2(Cc3ccccc3)CC[C@](O)(C(F)(F)F)C[C@H]2C=O)c(C=O)c1.Cc1ncccc1CC(=O)c1ccc2c(c1)C=C[C@@H]1C[C@@](O)(C(F)(F)F)CC[C@@]21Cc1ccccc1.Cc1ncccc1CC(=O)c1ccc2c(c1)CN(C)C[C@@H]1C[C@@](O)(C(F)(F)F)CC[C@@]21Cc1ccccc1. The number of fused-ring (bicyclic) bond motifs is 6. The van der Waals surface area contributed by atoms with Gasteiger partial charge in [-0.15, -0.1) is 0 Å². The van der Waals surface area contributed by atoms with Crippen LogP contribution in [0.1, 0.15) is 177 Å². The van der Waals surface area contributed by atoms with Crippen LogP contribution in [0, 0.1) is 38.5 Å². The highest BCUT2D eigenvalue weighted by molar-refractivity contribution is 6.00. The van der Waals surface area contributed by atoms with Gasteiger partial charge in [0.15, 0.2) is 34.2 Å². The van der Waals surface area contributed by atoms with Gasteiger partial charge in [-0.25, -0.2) is 0 Å². The first-order valence-corrected chi connectivity index (χ1v) is 37.6. The van der Waals surface area contributed by atoms with Crippen molar-refractivity contribution < 1.29 is 78.8 Å². The Labute approximate surface area is 645 Å². The van der Waals surface area contributed by atoms with Gasteiger partial charge in [-0.05, 0) is 214 Å². The number of allylic oxidation sites excluding steroid dienone is 1. The molecule has 1 aliphatic heterocycles. The molecule has 112 heavy (non-hydrogen) atoms. The van der Waals surface area contributed by atoms with Crippen LogP contribution in [-0.4, -0.2) is 114 Å². The third kappa shape index (κ3) is 16.9. The van der Waals surface area contributed by atoms with E-state index in [-0.39, 0.29) is 99.1 Å². The molecule has 9 aromatic rings. The predicted octanol–water partition coefficient (Wildman–Crippen LogP) is 17.7. The van der Waals surface area contributed by atoms with Crippen LogP contribution in [-0.2, 0) is 66.1 Å². The molecule has 0 saturated heterocycles. The number of rotatable bonds is 18. The highest BCUT2D eigenvalue weighted by Crippen LogP contribution is 2.59. The second kappa shape index (κ2) is 32.6. The number of aromatic nitrogens is 3. The number of hydrogen-bond acceptors (Lipinski definition) is 12. The molecule has 0 radical (unpaired) electrons. The number of aliphatic hydroxyl groups is 3. The van der Waals surface area contributed by atoms with Crippen LogP contribution in [0.5, 0.6) is 0 Å². The summed E-state index contributed by atoms with van der Waals surface area (Å²) in [5.74, 6) is -2.40. The molecule has 0 amide bonds. The monoisotopic (exact) mass is 1540 g/mol. The molecule has 584 valence electrons. The molecule has 0 unspecified atom stereocenters. The van der Waals surface area contributed by atoms with Crippen LogP contribution in [0.3, 0.4) is 0 Å². The van der Waals surface area contributed by atoms with Crippen LogP contribution < -0.4 is 0 Å². The normalized spacial score (nSPS) is 24.8. The van der Waals surface area contributed by atoms with Crippen LogP contribution in [0.25, 0.3) is 6.08 Å². The van der Waals surface area contributed by atoms with Crippen molar-refractivity contribution in [3.8, 4) is 0 Å². The topological polar surface area (TPSA) is 188 Å². The summed E-state index contributed by atoms with van der Waals surface area (Å²) in [6.45, 7) is 6.50. The molecule has 21 heteroatoms. The number of ketones is 3. The number of hydrogen-bond donors (Lipinski definition) is 3. The first-order chi connectivity index (χ1) is 53.1. The molecule has 4 aliphatic carbocycles. The fourth-order valence-corrected chi connectivity index (χ4v) is 18.1. The van der Waals surface area contributed by atoms with Crippen molar-refractivity contribution in [2.24, 2.45) is 17.8 Å². The quantitative estimate of drug-likeness (QED) is 0.0420. The molecule has 9 atom stereocenters. The number of alkyl halides is 9. The summed E-state index contributed by atoms with van der Waals surface area (Å²) in [6, 6.07) is 55.4. The van der Waals surface area contributed by atoms with Gasteiger partial charge in [-0.2, -0.15) is 39.5 Å². The van der Waals surface area contributed by atoms with E-state index in [1.165, 1.54) is 6.07 Å². The van der Waals surface area contributed by atoms with Crippen LogP contribution >= 0.6 is 0 Å². The van der Waals surface area contributed by atoms with Gasteiger partial charge in [0.05, 0.1) is 0 Å². The van der Waals surface area contributed by atoms with Gasteiger partial charge in [-0.1, -0.05) is 158 Å². The molecule has 12 nitrogen and oxygen atoms in total. The van der Waals surface area contributed by atoms with Crippen molar-refractivity contribution in [2.45, 2.75) is 175 Å². The number of carbonyl (C=O) groups excluding carboxylic acids is 5. The van der Waals surface area contributed by atoms with Gasteiger partial charge in [0.25, 0.3) is 0 Å². The van der Waals surface area contributed by atoms with Gasteiger partial charge in [0, 0.05) is 112 Å². The highest BCUT2D eigenvalue weighted by atomic mass is 19.4. The number of carbonyl (C=O) groups is 5. The maximum atomic E-state index is 14.0. The van der Waals surface area contributed by atoms with E-state index < -0.39 is 82.2 Å². The number of aryl methyl sites for hydroxylation is 3.